The van der Waals surface area contributed by atoms with Gasteiger partial charge in [-0.25, -0.2) is 4.79 Å². The van der Waals surface area contributed by atoms with E-state index >= 15 is 0 Å². The number of fused-ring (bicyclic) bond motifs is 1. The highest BCUT2D eigenvalue weighted by Gasteiger charge is 2.12. The van der Waals surface area contributed by atoms with Gasteiger partial charge in [-0.3, -0.25) is 0 Å². The van der Waals surface area contributed by atoms with Gasteiger partial charge in [-0.15, -0.1) is 0 Å². The van der Waals surface area contributed by atoms with E-state index in [1.807, 2.05) is 18.2 Å². The van der Waals surface area contributed by atoms with Gasteiger partial charge in [0.05, 0.1) is 0 Å². The fraction of sp³-hybridized carbons (Fsp3) is 0.0833. The number of benzene rings is 1. The summed E-state index contributed by atoms with van der Waals surface area (Å²) in [7, 11) is 0. The summed E-state index contributed by atoms with van der Waals surface area (Å²) in [5.74, 6) is -0.246. The fourth-order valence-corrected chi connectivity index (χ4v) is 1.29. The number of carbonyl (C=O) groups is 1. The van der Waals surface area contributed by atoms with Crippen LogP contribution in [-0.2, 0) is 4.74 Å². The average Bonchev–Trinajstić information content (AvgIpc) is 2.69. The molecule has 0 spiro atoms. The molecule has 0 aliphatic carbocycles. The minimum Gasteiger partial charge on any atom is -0.456 e. The van der Waals surface area contributed by atoms with Gasteiger partial charge in [-0.05, 0) is 12.1 Å². The lowest BCUT2D eigenvalue weighted by atomic mass is 10.2. The van der Waals surface area contributed by atoms with Crippen LogP contribution in [0.1, 0.15) is 10.6 Å². The number of para-hydroxylation sites is 1. The summed E-state index contributed by atoms with van der Waals surface area (Å²) < 4.78 is 10.2. The standard InChI is InChI=1S/C12H10O3/c1-2-7-14-12(13)11-8-9-5-3-4-6-10(9)15-11/h2-6,8H,1,7H2. The predicted molar refractivity (Wildman–Crippen MR) is 56.7 cm³/mol. The first kappa shape index (κ1) is 9.52. The molecule has 3 heteroatoms. The normalized spacial score (nSPS) is 10.1. The van der Waals surface area contributed by atoms with Crippen LogP contribution < -0.4 is 0 Å². The van der Waals surface area contributed by atoms with E-state index in [2.05, 4.69) is 6.58 Å². The number of carbonyl (C=O) groups excluding carboxylic acids is 1. The molecule has 2 aromatic rings. The van der Waals surface area contributed by atoms with Crippen LogP contribution in [0.3, 0.4) is 0 Å². The Hall–Kier alpha value is -2.03. The van der Waals surface area contributed by atoms with E-state index < -0.39 is 5.97 Å². The maximum absolute atomic E-state index is 11.4. The summed E-state index contributed by atoms with van der Waals surface area (Å²) in [6.45, 7) is 3.65. The molecule has 76 valence electrons. The van der Waals surface area contributed by atoms with E-state index in [4.69, 9.17) is 9.15 Å². The second kappa shape index (κ2) is 4.00. The molecule has 1 aromatic heterocycles. The van der Waals surface area contributed by atoms with Gasteiger partial charge in [-0.2, -0.15) is 0 Å². The Labute approximate surface area is 87.0 Å². The Bertz CT molecular complexity index is 463. The quantitative estimate of drug-likeness (QED) is 0.567. The van der Waals surface area contributed by atoms with E-state index in [1.54, 1.807) is 12.1 Å². The third-order valence-electron chi connectivity index (χ3n) is 1.96. The molecule has 2 rings (SSSR count). The van der Waals surface area contributed by atoms with Crippen molar-refractivity contribution >= 4 is 16.9 Å². The lowest BCUT2D eigenvalue weighted by molar-refractivity contribution is 0.0516. The largest absolute Gasteiger partial charge is 0.456 e. The minimum atomic E-state index is -0.467. The third-order valence-corrected chi connectivity index (χ3v) is 1.96. The maximum atomic E-state index is 11.4. The summed E-state index contributed by atoms with van der Waals surface area (Å²) >= 11 is 0. The first-order chi connectivity index (χ1) is 7.31. The molecular weight excluding hydrogens is 192 g/mol. The van der Waals surface area contributed by atoms with Crippen molar-refractivity contribution in [2.24, 2.45) is 0 Å². The van der Waals surface area contributed by atoms with Crippen molar-refractivity contribution in [1.82, 2.24) is 0 Å². The highest BCUT2D eigenvalue weighted by atomic mass is 16.5. The summed E-state index contributed by atoms with van der Waals surface area (Å²) in [5, 5.41) is 0.892. The summed E-state index contributed by atoms with van der Waals surface area (Å²) in [5.41, 5.74) is 0.683. The van der Waals surface area contributed by atoms with Gasteiger partial charge < -0.3 is 9.15 Å². The second-order valence-electron chi connectivity index (χ2n) is 3.04. The van der Waals surface area contributed by atoms with Crippen molar-refractivity contribution < 1.29 is 13.9 Å². The zero-order valence-corrected chi connectivity index (χ0v) is 8.10. The highest BCUT2D eigenvalue weighted by Crippen LogP contribution is 2.19. The van der Waals surface area contributed by atoms with Crippen molar-refractivity contribution in [3.05, 3.63) is 48.7 Å². The molecule has 0 unspecified atom stereocenters. The zero-order chi connectivity index (χ0) is 10.7. The van der Waals surface area contributed by atoms with E-state index in [0.717, 1.165) is 5.39 Å². The monoisotopic (exact) mass is 202 g/mol. The number of furan rings is 1. The SMILES string of the molecule is C=CCOC(=O)c1cc2ccccc2o1. The molecule has 0 aliphatic rings. The second-order valence-corrected chi connectivity index (χ2v) is 3.04. The van der Waals surface area contributed by atoms with Crippen molar-refractivity contribution in [3.63, 3.8) is 0 Å². The van der Waals surface area contributed by atoms with Crippen molar-refractivity contribution in [2.75, 3.05) is 6.61 Å². The number of hydrogen-bond donors (Lipinski definition) is 0. The Balaban J connectivity index is 2.28. The molecule has 0 radical (unpaired) electrons. The van der Waals surface area contributed by atoms with Crippen LogP contribution in [0, 0.1) is 0 Å². The van der Waals surface area contributed by atoms with Gasteiger partial charge in [0.2, 0.25) is 5.76 Å². The first-order valence-corrected chi connectivity index (χ1v) is 4.58. The molecule has 1 heterocycles. The van der Waals surface area contributed by atoms with Crippen molar-refractivity contribution in [2.45, 2.75) is 0 Å². The van der Waals surface area contributed by atoms with Gasteiger partial charge in [0, 0.05) is 5.39 Å². The lowest BCUT2D eigenvalue weighted by Gasteiger charge is -1.96. The Morgan fingerprint density at radius 3 is 3.00 bits per heavy atom. The van der Waals surface area contributed by atoms with Gasteiger partial charge >= 0.3 is 5.97 Å². The van der Waals surface area contributed by atoms with Crippen LogP contribution >= 0.6 is 0 Å². The van der Waals surface area contributed by atoms with Crippen LogP contribution in [0.15, 0.2) is 47.4 Å². The maximum Gasteiger partial charge on any atom is 0.374 e. The number of rotatable bonds is 3. The summed E-state index contributed by atoms with van der Waals surface area (Å²) in [4.78, 5) is 11.4. The van der Waals surface area contributed by atoms with Crippen LogP contribution in [-0.4, -0.2) is 12.6 Å². The molecule has 1 aromatic carbocycles. The molecule has 3 nitrogen and oxygen atoms in total. The van der Waals surface area contributed by atoms with Crippen molar-refractivity contribution in [3.8, 4) is 0 Å². The fourth-order valence-electron chi connectivity index (χ4n) is 1.29. The predicted octanol–water partition coefficient (Wildman–Crippen LogP) is 2.78. The molecule has 0 atom stereocenters. The van der Waals surface area contributed by atoms with Crippen LogP contribution in [0.4, 0.5) is 0 Å². The first-order valence-electron chi connectivity index (χ1n) is 4.58. The molecule has 0 saturated heterocycles. The molecule has 0 saturated carbocycles. The Morgan fingerprint density at radius 2 is 2.27 bits per heavy atom. The third kappa shape index (κ3) is 1.91. The molecule has 0 bridgehead atoms. The van der Waals surface area contributed by atoms with Crippen molar-refractivity contribution in [1.29, 1.82) is 0 Å². The van der Waals surface area contributed by atoms with Crippen LogP contribution in [0.5, 0.6) is 0 Å². The number of esters is 1. The van der Waals surface area contributed by atoms with Crippen LogP contribution in [0.2, 0.25) is 0 Å². The summed E-state index contributed by atoms with van der Waals surface area (Å²) in [6, 6.07) is 9.09. The van der Waals surface area contributed by atoms with Gasteiger partial charge in [0.15, 0.2) is 0 Å². The molecule has 0 fully saturated rings. The van der Waals surface area contributed by atoms with Crippen LogP contribution in [0.25, 0.3) is 11.0 Å². The molecular formula is C12H10O3. The summed E-state index contributed by atoms with van der Waals surface area (Å²) in [6.07, 6.45) is 1.51. The van der Waals surface area contributed by atoms with E-state index in [1.165, 1.54) is 6.08 Å². The van der Waals surface area contributed by atoms with Gasteiger partial charge in [0.1, 0.15) is 12.2 Å². The minimum absolute atomic E-state index is 0.190. The van der Waals surface area contributed by atoms with Gasteiger partial charge in [0.25, 0.3) is 0 Å². The smallest absolute Gasteiger partial charge is 0.374 e. The highest BCUT2D eigenvalue weighted by molar-refractivity contribution is 5.92. The topological polar surface area (TPSA) is 39.4 Å². The Morgan fingerprint density at radius 1 is 1.47 bits per heavy atom. The van der Waals surface area contributed by atoms with E-state index in [0.29, 0.717) is 5.58 Å². The Kier molecular flexibility index (Phi) is 2.54. The number of hydrogen-bond acceptors (Lipinski definition) is 3. The molecule has 0 amide bonds. The average molecular weight is 202 g/mol. The molecule has 0 aliphatic heterocycles. The van der Waals surface area contributed by atoms with Gasteiger partial charge in [-0.1, -0.05) is 30.9 Å². The number of ether oxygens (including phenoxy) is 1. The lowest BCUT2D eigenvalue weighted by Crippen LogP contribution is -2.03. The zero-order valence-electron chi connectivity index (χ0n) is 8.10. The van der Waals surface area contributed by atoms with E-state index in [-0.39, 0.29) is 12.4 Å². The van der Waals surface area contributed by atoms with E-state index in [9.17, 15) is 4.79 Å². The molecule has 0 N–H and O–H groups in total. The molecule has 15 heavy (non-hydrogen) atoms.